The number of methoxy groups -OCH3 is 1. The van der Waals surface area contributed by atoms with Crippen LogP contribution in [0, 0.1) is 11.8 Å². The largest absolute Gasteiger partial charge is 0.469 e. The summed E-state index contributed by atoms with van der Waals surface area (Å²) < 4.78 is 4.51. The van der Waals surface area contributed by atoms with E-state index >= 15 is 0 Å². The maximum absolute atomic E-state index is 10.8. The van der Waals surface area contributed by atoms with Gasteiger partial charge < -0.3 is 9.94 Å². The summed E-state index contributed by atoms with van der Waals surface area (Å²) in [7, 11) is 1.37. The van der Waals surface area contributed by atoms with E-state index in [9.17, 15) is 4.79 Å². The Morgan fingerprint density at radius 1 is 1.76 bits per heavy atom. The molecule has 0 bridgehead atoms. The normalized spacial score (nSPS) is 9.94. The Hall–Kier alpha value is -1.87. The fourth-order valence-electron chi connectivity index (χ4n) is 1.02. The molecular formula is C11H12N2O3S. The third-order valence-electron chi connectivity index (χ3n) is 1.82. The van der Waals surface area contributed by atoms with E-state index in [2.05, 4.69) is 26.7 Å². The minimum absolute atomic E-state index is 0.220. The Bertz CT molecular complexity index is 457. The number of carbonyl (C=O) groups is 1. The van der Waals surface area contributed by atoms with Crippen molar-refractivity contribution in [2.24, 2.45) is 5.16 Å². The van der Waals surface area contributed by atoms with Gasteiger partial charge in [0.05, 0.1) is 19.0 Å². The van der Waals surface area contributed by atoms with Crippen molar-refractivity contribution in [2.75, 3.05) is 7.11 Å². The lowest BCUT2D eigenvalue weighted by Gasteiger charge is -1.93. The van der Waals surface area contributed by atoms with Crippen LogP contribution in [-0.2, 0) is 9.53 Å². The SMILES string of the molecule is COC(=O)CCCC#Cc1nc(/C=N/O)cs1. The van der Waals surface area contributed by atoms with Crippen molar-refractivity contribution in [3.63, 3.8) is 0 Å². The van der Waals surface area contributed by atoms with E-state index in [1.807, 2.05) is 0 Å². The van der Waals surface area contributed by atoms with Crippen LogP contribution in [-0.4, -0.2) is 29.5 Å². The van der Waals surface area contributed by atoms with Crippen LogP contribution in [0.1, 0.15) is 30.0 Å². The van der Waals surface area contributed by atoms with Crippen LogP contribution in [0.3, 0.4) is 0 Å². The van der Waals surface area contributed by atoms with E-state index in [1.165, 1.54) is 24.7 Å². The molecule has 90 valence electrons. The highest BCUT2D eigenvalue weighted by Gasteiger charge is 1.98. The molecule has 6 heteroatoms. The monoisotopic (exact) mass is 252 g/mol. The van der Waals surface area contributed by atoms with Crippen molar-refractivity contribution in [1.82, 2.24) is 4.98 Å². The van der Waals surface area contributed by atoms with Gasteiger partial charge in [-0.2, -0.15) is 0 Å². The number of carbonyl (C=O) groups excluding carboxylic acids is 1. The molecule has 1 N–H and O–H groups in total. The summed E-state index contributed by atoms with van der Waals surface area (Å²) in [4.78, 5) is 14.9. The van der Waals surface area contributed by atoms with Crippen molar-refractivity contribution >= 4 is 23.5 Å². The van der Waals surface area contributed by atoms with Crippen LogP contribution in [0.25, 0.3) is 0 Å². The third kappa shape index (κ3) is 5.13. The highest BCUT2D eigenvalue weighted by molar-refractivity contribution is 7.10. The Labute approximate surface area is 103 Å². The first-order chi connectivity index (χ1) is 8.26. The van der Waals surface area contributed by atoms with Gasteiger partial charge in [0.2, 0.25) is 0 Å². The van der Waals surface area contributed by atoms with E-state index in [0.717, 1.165) is 0 Å². The number of esters is 1. The average molecular weight is 252 g/mol. The van der Waals surface area contributed by atoms with Gasteiger partial charge >= 0.3 is 5.97 Å². The molecule has 0 spiro atoms. The van der Waals surface area contributed by atoms with Gasteiger partial charge in [-0.25, -0.2) is 4.98 Å². The molecule has 0 aromatic carbocycles. The first-order valence-electron chi connectivity index (χ1n) is 4.95. The third-order valence-corrected chi connectivity index (χ3v) is 2.59. The summed E-state index contributed by atoms with van der Waals surface area (Å²) in [6, 6.07) is 0. The summed E-state index contributed by atoms with van der Waals surface area (Å²) in [6.45, 7) is 0. The van der Waals surface area contributed by atoms with Gasteiger partial charge in [-0.05, 0) is 12.3 Å². The molecule has 0 atom stereocenters. The van der Waals surface area contributed by atoms with Crippen LogP contribution in [0.4, 0.5) is 0 Å². The smallest absolute Gasteiger partial charge is 0.305 e. The minimum Gasteiger partial charge on any atom is -0.469 e. The molecule has 0 fully saturated rings. The fourth-order valence-corrected chi connectivity index (χ4v) is 1.66. The van der Waals surface area contributed by atoms with Gasteiger partial charge in [0.15, 0.2) is 5.01 Å². The van der Waals surface area contributed by atoms with Gasteiger partial charge in [-0.3, -0.25) is 4.79 Å². The summed E-state index contributed by atoms with van der Waals surface area (Å²) in [6.07, 6.45) is 2.93. The lowest BCUT2D eigenvalue weighted by molar-refractivity contribution is -0.140. The molecule has 1 aromatic rings. The van der Waals surface area contributed by atoms with Crippen LogP contribution < -0.4 is 0 Å². The van der Waals surface area contributed by atoms with Gasteiger partial charge in [0, 0.05) is 18.2 Å². The number of ether oxygens (including phenoxy) is 1. The zero-order valence-electron chi connectivity index (χ0n) is 9.34. The molecule has 5 nitrogen and oxygen atoms in total. The number of aromatic nitrogens is 1. The van der Waals surface area contributed by atoms with E-state index < -0.39 is 0 Å². The highest BCUT2D eigenvalue weighted by Crippen LogP contribution is 2.06. The van der Waals surface area contributed by atoms with E-state index in [1.54, 1.807) is 5.38 Å². The molecule has 0 aliphatic heterocycles. The highest BCUT2D eigenvalue weighted by atomic mass is 32.1. The predicted octanol–water partition coefficient (Wildman–Crippen LogP) is 1.65. The Morgan fingerprint density at radius 2 is 2.59 bits per heavy atom. The second kappa shape index (κ2) is 7.41. The maximum Gasteiger partial charge on any atom is 0.305 e. The first kappa shape index (κ1) is 13.2. The van der Waals surface area contributed by atoms with Gasteiger partial charge in [0.25, 0.3) is 0 Å². The second-order valence-corrected chi connectivity index (χ2v) is 3.91. The number of thiazole rings is 1. The number of rotatable bonds is 4. The number of hydrogen-bond acceptors (Lipinski definition) is 6. The Morgan fingerprint density at radius 3 is 3.29 bits per heavy atom. The van der Waals surface area contributed by atoms with E-state index in [-0.39, 0.29) is 5.97 Å². The zero-order chi connectivity index (χ0) is 12.5. The molecule has 0 saturated heterocycles. The van der Waals surface area contributed by atoms with Crippen molar-refractivity contribution < 1.29 is 14.7 Å². The lowest BCUT2D eigenvalue weighted by atomic mass is 10.2. The molecule has 17 heavy (non-hydrogen) atoms. The van der Waals surface area contributed by atoms with Gasteiger partial charge in [0.1, 0.15) is 0 Å². The number of oxime groups is 1. The Balaban J connectivity index is 2.35. The molecule has 0 unspecified atom stereocenters. The van der Waals surface area contributed by atoms with Crippen molar-refractivity contribution in [3.8, 4) is 11.8 Å². The molecule has 0 saturated carbocycles. The van der Waals surface area contributed by atoms with E-state index in [4.69, 9.17) is 5.21 Å². The minimum atomic E-state index is -0.220. The average Bonchev–Trinajstić information content (AvgIpc) is 2.76. The summed E-state index contributed by atoms with van der Waals surface area (Å²) in [5.41, 5.74) is 0.580. The van der Waals surface area contributed by atoms with Gasteiger partial charge in [-0.15, -0.1) is 11.3 Å². The summed E-state index contributed by atoms with van der Waals surface area (Å²) in [5.74, 6) is 5.58. The van der Waals surface area contributed by atoms with Crippen LogP contribution in [0.15, 0.2) is 10.5 Å². The molecule has 1 rings (SSSR count). The van der Waals surface area contributed by atoms with E-state index in [0.29, 0.717) is 30.0 Å². The van der Waals surface area contributed by atoms with Crippen LogP contribution in [0.5, 0.6) is 0 Å². The quantitative estimate of drug-likeness (QED) is 0.221. The fraction of sp³-hybridized carbons (Fsp3) is 0.364. The Kier molecular flexibility index (Phi) is 5.75. The summed E-state index contributed by atoms with van der Waals surface area (Å²) >= 11 is 1.38. The lowest BCUT2D eigenvalue weighted by Crippen LogP contribution is -1.98. The molecular weight excluding hydrogens is 240 g/mol. The number of nitrogens with zero attached hydrogens (tertiary/aromatic N) is 2. The van der Waals surface area contributed by atoms with Crippen molar-refractivity contribution in [2.45, 2.75) is 19.3 Å². The molecule has 0 radical (unpaired) electrons. The summed E-state index contributed by atoms with van der Waals surface area (Å²) in [5, 5.41) is 13.6. The molecule has 1 aromatic heterocycles. The number of unbranched alkanes of at least 4 members (excludes halogenated alkanes) is 1. The first-order valence-corrected chi connectivity index (χ1v) is 5.83. The number of hydrogen-bond donors (Lipinski definition) is 1. The topological polar surface area (TPSA) is 71.8 Å². The molecule has 0 amide bonds. The second-order valence-electron chi connectivity index (χ2n) is 3.05. The van der Waals surface area contributed by atoms with Crippen LogP contribution >= 0.6 is 11.3 Å². The molecule has 0 aliphatic carbocycles. The van der Waals surface area contributed by atoms with Crippen molar-refractivity contribution in [3.05, 3.63) is 16.1 Å². The standard InChI is InChI=1S/C11H12N2O3S/c1-16-11(14)6-4-2-3-5-10-13-9(7-12-15)8-17-10/h7-8,15H,2,4,6H2,1H3/b12-7+. The predicted molar refractivity (Wildman–Crippen MR) is 64.2 cm³/mol. The maximum atomic E-state index is 10.8. The van der Waals surface area contributed by atoms with Crippen molar-refractivity contribution in [1.29, 1.82) is 0 Å². The molecule has 0 aliphatic rings. The van der Waals surface area contributed by atoms with Crippen LogP contribution in [0.2, 0.25) is 0 Å². The zero-order valence-corrected chi connectivity index (χ0v) is 10.2. The molecule has 1 heterocycles. The van der Waals surface area contributed by atoms with Gasteiger partial charge in [-0.1, -0.05) is 11.1 Å².